The van der Waals surface area contributed by atoms with Crippen LogP contribution >= 0.6 is 0 Å². The van der Waals surface area contributed by atoms with Gasteiger partial charge in [-0.1, -0.05) is 37.8 Å². The second kappa shape index (κ2) is 6.06. The Bertz CT molecular complexity index is 343. The predicted molar refractivity (Wildman–Crippen MR) is 71.1 cm³/mol. The van der Waals surface area contributed by atoms with E-state index >= 15 is 0 Å². The summed E-state index contributed by atoms with van der Waals surface area (Å²) >= 11 is 0. The Balaban J connectivity index is 2.08. The number of methoxy groups -OCH3 is 1. The Hall–Kier alpha value is -1.02. The molecule has 1 fully saturated rings. The van der Waals surface area contributed by atoms with E-state index in [1.807, 2.05) is 12.1 Å². The molecule has 2 nitrogen and oxygen atoms in total. The highest BCUT2D eigenvalue weighted by atomic mass is 16.5. The molecule has 94 valence electrons. The largest absolute Gasteiger partial charge is 0.497 e. The molecular weight excluding hydrogens is 210 g/mol. The van der Waals surface area contributed by atoms with E-state index in [0.717, 1.165) is 5.75 Å². The summed E-state index contributed by atoms with van der Waals surface area (Å²) in [7, 11) is 1.70. The maximum Gasteiger partial charge on any atom is 0.119 e. The summed E-state index contributed by atoms with van der Waals surface area (Å²) in [4.78, 5) is 0. The molecule has 1 atom stereocenters. The first kappa shape index (κ1) is 12.4. The van der Waals surface area contributed by atoms with Crippen LogP contribution in [0, 0.1) is 5.92 Å². The van der Waals surface area contributed by atoms with Gasteiger partial charge in [0.25, 0.3) is 0 Å². The minimum atomic E-state index is 0.170. The summed E-state index contributed by atoms with van der Waals surface area (Å²) in [6.45, 7) is 0. The van der Waals surface area contributed by atoms with Crippen LogP contribution in [0.15, 0.2) is 24.3 Å². The van der Waals surface area contributed by atoms with Crippen LogP contribution in [0.25, 0.3) is 0 Å². The fourth-order valence-electron chi connectivity index (χ4n) is 2.79. The molecule has 0 aromatic heterocycles. The molecular formula is C15H23NO. The van der Waals surface area contributed by atoms with Crippen LogP contribution in [0.5, 0.6) is 5.75 Å². The van der Waals surface area contributed by atoms with Crippen molar-refractivity contribution in [1.29, 1.82) is 0 Å². The first-order chi connectivity index (χ1) is 8.31. The standard InChI is InChI=1S/C15H23NO/c1-17-14-10-6-9-13(11-14)15(16)12-7-4-2-3-5-8-12/h6,9-12,15H,2-5,7-8,16H2,1H3. The predicted octanol–water partition coefficient (Wildman–Crippen LogP) is 3.67. The minimum absolute atomic E-state index is 0.170. The van der Waals surface area contributed by atoms with Gasteiger partial charge in [-0.3, -0.25) is 0 Å². The third-order valence-electron chi connectivity index (χ3n) is 3.89. The Labute approximate surface area is 104 Å². The molecule has 2 N–H and O–H groups in total. The zero-order chi connectivity index (χ0) is 12.1. The average Bonchev–Trinajstić information content (AvgIpc) is 2.67. The van der Waals surface area contributed by atoms with Crippen molar-refractivity contribution in [2.75, 3.05) is 7.11 Å². The van der Waals surface area contributed by atoms with Crippen molar-refractivity contribution in [3.63, 3.8) is 0 Å². The lowest BCUT2D eigenvalue weighted by Gasteiger charge is -2.23. The van der Waals surface area contributed by atoms with Gasteiger partial charge in [-0.2, -0.15) is 0 Å². The van der Waals surface area contributed by atoms with Gasteiger partial charge >= 0.3 is 0 Å². The summed E-state index contributed by atoms with van der Waals surface area (Å²) in [6.07, 6.45) is 7.98. The Morgan fingerprint density at radius 3 is 2.53 bits per heavy atom. The lowest BCUT2D eigenvalue weighted by Crippen LogP contribution is -2.21. The number of hydrogen-bond donors (Lipinski definition) is 1. The lowest BCUT2D eigenvalue weighted by molar-refractivity contribution is 0.378. The summed E-state index contributed by atoms with van der Waals surface area (Å²) in [5.41, 5.74) is 7.63. The highest BCUT2D eigenvalue weighted by Crippen LogP contribution is 2.32. The SMILES string of the molecule is COc1cccc(C(N)C2CCCCCC2)c1. The average molecular weight is 233 g/mol. The number of nitrogens with two attached hydrogens (primary N) is 1. The van der Waals surface area contributed by atoms with E-state index in [4.69, 9.17) is 10.5 Å². The zero-order valence-electron chi connectivity index (χ0n) is 10.7. The number of hydrogen-bond acceptors (Lipinski definition) is 2. The Morgan fingerprint density at radius 2 is 1.88 bits per heavy atom. The van der Waals surface area contributed by atoms with Crippen LogP contribution < -0.4 is 10.5 Å². The fourth-order valence-corrected chi connectivity index (χ4v) is 2.79. The molecule has 17 heavy (non-hydrogen) atoms. The smallest absolute Gasteiger partial charge is 0.119 e. The van der Waals surface area contributed by atoms with Gasteiger partial charge in [-0.05, 0) is 36.5 Å². The molecule has 0 saturated heterocycles. The molecule has 1 unspecified atom stereocenters. The third-order valence-corrected chi connectivity index (χ3v) is 3.89. The molecule has 1 aromatic rings. The highest BCUT2D eigenvalue weighted by molar-refractivity contribution is 5.30. The molecule has 1 aromatic carbocycles. The van der Waals surface area contributed by atoms with Gasteiger partial charge in [0.05, 0.1) is 7.11 Å². The van der Waals surface area contributed by atoms with Crippen molar-refractivity contribution in [1.82, 2.24) is 0 Å². The molecule has 0 bridgehead atoms. The molecule has 1 saturated carbocycles. The zero-order valence-corrected chi connectivity index (χ0v) is 10.7. The van der Waals surface area contributed by atoms with Crippen LogP contribution in [0.1, 0.15) is 50.1 Å². The third kappa shape index (κ3) is 3.22. The van der Waals surface area contributed by atoms with E-state index < -0.39 is 0 Å². The monoisotopic (exact) mass is 233 g/mol. The van der Waals surface area contributed by atoms with Gasteiger partial charge < -0.3 is 10.5 Å². The lowest BCUT2D eigenvalue weighted by atomic mass is 9.88. The highest BCUT2D eigenvalue weighted by Gasteiger charge is 2.20. The molecule has 0 spiro atoms. The van der Waals surface area contributed by atoms with E-state index in [0.29, 0.717) is 5.92 Å². The van der Waals surface area contributed by atoms with Gasteiger partial charge in [0.2, 0.25) is 0 Å². The van der Waals surface area contributed by atoms with Crippen molar-refractivity contribution in [2.24, 2.45) is 11.7 Å². The van der Waals surface area contributed by atoms with Crippen LogP contribution in [0.4, 0.5) is 0 Å². The number of benzene rings is 1. The van der Waals surface area contributed by atoms with Crippen LogP contribution in [-0.4, -0.2) is 7.11 Å². The van der Waals surface area contributed by atoms with Crippen molar-refractivity contribution >= 4 is 0 Å². The van der Waals surface area contributed by atoms with Crippen molar-refractivity contribution in [3.8, 4) is 5.75 Å². The van der Waals surface area contributed by atoms with Gasteiger partial charge in [0, 0.05) is 6.04 Å². The molecule has 0 aliphatic heterocycles. The first-order valence-corrected chi connectivity index (χ1v) is 6.71. The summed E-state index contributed by atoms with van der Waals surface area (Å²) in [6, 6.07) is 8.38. The molecule has 1 aliphatic rings. The topological polar surface area (TPSA) is 35.2 Å². The summed E-state index contributed by atoms with van der Waals surface area (Å²) in [5, 5.41) is 0. The first-order valence-electron chi connectivity index (χ1n) is 6.71. The molecule has 1 aliphatic carbocycles. The number of rotatable bonds is 3. The summed E-state index contributed by atoms with van der Waals surface area (Å²) in [5.74, 6) is 1.55. The van der Waals surface area contributed by atoms with E-state index in [1.54, 1.807) is 7.11 Å². The van der Waals surface area contributed by atoms with Gasteiger partial charge in [0.1, 0.15) is 5.75 Å². The molecule has 2 rings (SSSR count). The van der Waals surface area contributed by atoms with Gasteiger partial charge in [-0.15, -0.1) is 0 Å². The van der Waals surface area contributed by atoms with Gasteiger partial charge in [-0.25, -0.2) is 0 Å². The van der Waals surface area contributed by atoms with E-state index in [9.17, 15) is 0 Å². The Morgan fingerprint density at radius 1 is 1.18 bits per heavy atom. The Kier molecular flexibility index (Phi) is 4.43. The van der Waals surface area contributed by atoms with Crippen LogP contribution in [0.2, 0.25) is 0 Å². The fraction of sp³-hybridized carbons (Fsp3) is 0.600. The molecule has 0 amide bonds. The minimum Gasteiger partial charge on any atom is -0.497 e. The van der Waals surface area contributed by atoms with E-state index in [1.165, 1.54) is 44.1 Å². The number of ether oxygens (including phenoxy) is 1. The van der Waals surface area contributed by atoms with Crippen molar-refractivity contribution in [2.45, 2.75) is 44.6 Å². The molecule has 2 heteroatoms. The van der Waals surface area contributed by atoms with E-state index in [2.05, 4.69) is 12.1 Å². The normalized spacial score (nSPS) is 19.6. The quantitative estimate of drug-likeness (QED) is 0.808. The van der Waals surface area contributed by atoms with Crippen LogP contribution in [-0.2, 0) is 0 Å². The van der Waals surface area contributed by atoms with Crippen molar-refractivity contribution in [3.05, 3.63) is 29.8 Å². The van der Waals surface area contributed by atoms with Gasteiger partial charge in [0.15, 0.2) is 0 Å². The van der Waals surface area contributed by atoms with Crippen LogP contribution in [0.3, 0.4) is 0 Å². The maximum atomic E-state index is 6.41. The molecule has 0 radical (unpaired) electrons. The second-order valence-electron chi connectivity index (χ2n) is 5.05. The maximum absolute atomic E-state index is 6.41. The van der Waals surface area contributed by atoms with Crippen molar-refractivity contribution < 1.29 is 4.74 Å². The van der Waals surface area contributed by atoms with E-state index in [-0.39, 0.29) is 6.04 Å². The molecule has 0 heterocycles. The second-order valence-corrected chi connectivity index (χ2v) is 5.05. The summed E-state index contributed by atoms with van der Waals surface area (Å²) < 4.78 is 5.26.